The highest BCUT2D eigenvalue weighted by Crippen LogP contribution is 2.36. The number of nitrogens with zero attached hydrogens (tertiary/aromatic N) is 2. The Bertz CT molecular complexity index is 768. The number of hydrogen-bond acceptors (Lipinski definition) is 5. The van der Waals surface area contributed by atoms with E-state index in [2.05, 4.69) is 5.32 Å². The number of rotatable bonds is 2. The number of ether oxygens (including phenoxy) is 2. The van der Waals surface area contributed by atoms with Crippen LogP contribution in [0.2, 0.25) is 0 Å². The Morgan fingerprint density at radius 1 is 1.00 bits per heavy atom. The van der Waals surface area contributed by atoms with E-state index in [9.17, 15) is 9.59 Å². The molecule has 0 aliphatic carbocycles. The minimum atomic E-state index is -0.560. The molecule has 0 aromatic heterocycles. The molecule has 3 saturated heterocycles. The van der Waals surface area contributed by atoms with Crippen LogP contribution in [-0.4, -0.2) is 61.6 Å². The number of carbonyl (C=O) groups excluding carboxylic acids is 2. The van der Waals surface area contributed by atoms with Crippen LogP contribution in [0.3, 0.4) is 0 Å². The van der Waals surface area contributed by atoms with Gasteiger partial charge in [-0.1, -0.05) is 0 Å². The first-order valence-corrected chi connectivity index (χ1v) is 9.95. The molecule has 4 aliphatic rings. The van der Waals surface area contributed by atoms with E-state index in [1.165, 1.54) is 6.42 Å². The molecular weight excluding hydrogens is 346 g/mol. The average Bonchev–Trinajstić information content (AvgIpc) is 3.22. The normalized spacial score (nSPS) is 29.8. The van der Waals surface area contributed by atoms with Crippen molar-refractivity contribution >= 4 is 17.5 Å². The van der Waals surface area contributed by atoms with Crippen LogP contribution in [0.15, 0.2) is 18.2 Å². The molecule has 0 radical (unpaired) electrons. The maximum atomic E-state index is 13.1. The maximum Gasteiger partial charge on any atom is 0.239 e. The van der Waals surface area contributed by atoms with E-state index in [0.717, 1.165) is 31.6 Å². The Morgan fingerprint density at radius 3 is 2.70 bits per heavy atom. The summed E-state index contributed by atoms with van der Waals surface area (Å²) in [6, 6.07) is 6.46. The van der Waals surface area contributed by atoms with Crippen LogP contribution in [0.25, 0.3) is 0 Å². The summed E-state index contributed by atoms with van der Waals surface area (Å²) in [5.41, 5.74) is 0.774. The molecule has 4 aliphatic heterocycles. The monoisotopic (exact) mass is 371 g/mol. The summed E-state index contributed by atoms with van der Waals surface area (Å²) in [6.45, 7) is 3.09. The molecule has 7 heteroatoms. The standard InChI is InChI=1S/C20H25N3O4/c24-19(22-7-5-13-1-2-14(12-22)21-13)16-6-8-23(20(16)25)15-3-4-17-18(11-15)27-10-9-26-17/h3-4,11,13-14,16,21H,1-2,5-10,12H2. The lowest BCUT2D eigenvalue weighted by atomic mass is 10.0. The van der Waals surface area contributed by atoms with Gasteiger partial charge in [-0.25, -0.2) is 0 Å². The van der Waals surface area contributed by atoms with E-state index in [1.807, 2.05) is 23.1 Å². The van der Waals surface area contributed by atoms with Gasteiger partial charge in [0.25, 0.3) is 0 Å². The number of benzene rings is 1. The molecule has 7 nitrogen and oxygen atoms in total. The quantitative estimate of drug-likeness (QED) is 0.790. The van der Waals surface area contributed by atoms with Gasteiger partial charge in [0.2, 0.25) is 11.8 Å². The van der Waals surface area contributed by atoms with Crippen LogP contribution >= 0.6 is 0 Å². The molecule has 1 N–H and O–H groups in total. The van der Waals surface area contributed by atoms with Crippen LogP contribution in [0.5, 0.6) is 11.5 Å². The van der Waals surface area contributed by atoms with Gasteiger partial charge < -0.3 is 24.6 Å². The van der Waals surface area contributed by atoms with E-state index >= 15 is 0 Å². The van der Waals surface area contributed by atoms with Crippen molar-refractivity contribution in [2.75, 3.05) is 37.7 Å². The van der Waals surface area contributed by atoms with Gasteiger partial charge in [0.1, 0.15) is 19.1 Å². The summed E-state index contributed by atoms with van der Waals surface area (Å²) < 4.78 is 11.2. The van der Waals surface area contributed by atoms with E-state index < -0.39 is 5.92 Å². The zero-order chi connectivity index (χ0) is 18.4. The first-order valence-electron chi connectivity index (χ1n) is 9.95. The molecule has 2 bridgehead atoms. The van der Waals surface area contributed by atoms with Gasteiger partial charge in [-0.3, -0.25) is 9.59 Å². The third kappa shape index (κ3) is 3.04. The lowest BCUT2D eigenvalue weighted by molar-refractivity contribution is -0.140. The Kier molecular flexibility index (Phi) is 4.19. The fourth-order valence-corrected chi connectivity index (χ4v) is 4.73. The van der Waals surface area contributed by atoms with Crippen molar-refractivity contribution in [3.8, 4) is 11.5 Å². The number of fused-ring (bicyclic) bond motifs is 3. The van der Waals surface area contributed by atoms with Crippen molar-refractivity contribution in [3.05, 3.63) is 18.2 Å². The molecule has 1 aromatic carbocycles. The Balaban J connectivity index is 1.30. The maximum absolute atomic E-state index is 13.1. The summed E-state index contributed by atoms with van der Waals surface area (Å²) in [7, 11) is 0. The molecule has 1 aromatic rings. The van der Waals surface area contributed by atoms with Crippen molar-refractivity contribution in [1.82, 2.24) is 10.2 Å². The minimum Gasteiger partial charge on any atom is -0.486 e. The van der Waals surface area contributed by atoms with Gasteiger partial charge in [0.05, 0.1) is 0 Å². The number of carbonyl (C=O) groups is 2. The summed E-state index contributed by atoms with van der Waals surface area (Å²) in [5, 5.41) is 3.59. The number of hydrogen-bond donors (Lipinski definition) is 1. The lowest BCUT2D eigenvalue weighted by Gasteiger charge is -2.27. The van der Waals surface area contributed by atoms with E-state index in [0.29, 0.717) is 49.8 Å². The number of nitrogens with one attached hydrogen (secondary N) is 1. The Labute approximate surface area is 158 Å². The first kappa shape index (κ1) is 16.9. The van der Waals surface area contributed by atoms with E-state index in [4.69, 9.17) is 9.47 Å². The first-order chi connectivity index (χ1) is 13.2. The molecule has 3 atom stereocenters. The molecule has 3 unspecified atom stereocenters. The minimum absolute atomic E-state index is 0.00519. The van der Waals surface area contributed by atoms with Gasteiger partial charge in [-0.2, -0.15) is 0 Å². The molecule has 2 amide bonds. The fourth-order valence-electron chi connectivity index (χ4n) is 4.73. The second-order valence-corrected chi connectivity index (χ2v) is 7.87. The summed E-state index contributed by atoms with van der Waals surface area (Å²) in [5.74, 6) is 0.704. The van der Waals surface area contributed by atoms with Gasteiger partial charge in [-0.05, 0) is 37.8 Å². The average molecular weight is 371 g/mol. The highest BCUT2D eigenvalue weighted by molar-refractivity contribution is 6.09. The van der Waals surface area contributed by atoms with Crippen LogP contribution in [0.4, 0.5) is 5.69 Å². The number of anilines is 1. The van der Waals surface area contributed by atoms with Crippen molar-refractivity contribution in [2.24, 2.45) is 5.92 Å². The molecule has 4 heterocycles. The zero-order valence-corrected chi connectivity index (χ0v) is 15.4. The van der Waals surface area contributed by atoms with Gasteiger partial charge >= 0.3 is 0 Å². The topological polar surface area (TPSA) is 71.1 Å². The third-order valence-corrected chi connectivity index (χ3v) is 6.18. The highest BCUT2D eigenvalue weighted by Gasteiger charge is 2.41. The third-order valence-electron chi connectivity index (χ3n) is 6.18. The van der Waals surface area contributed by atoms with Crippen molar-refractivity contribution in [1.29, 1.82) is 0 Å². The second-order valence-electron chi connectivity index (χ2n) is 7.87. The smallest absolute Gasteiger partial charge is 0.239 e. The molecule has 27 heavy (non-hydrogen) atoms. The second kappa shape index (κ2) is 6.71. The molecule has 0 saturated carbocycles. The molecule has 0 spiro atoms. The molecular formula is C20H25N3O4. The van der Waals surface area contributed by atoms with Gasteiger partial charge in [0.15, 0.2) is 11.5 Å². The van der Waals surface area contributed by atoms with Gasteiger partial charge in [0, 0.05) is 43.5 Å². The molecule has 3 fully saturated rings. The molecule has 5 rings (SSSR count). The highest BCUT2D eigenvalue weighted by atomic mass is 16.6. The summed E-state index contributed by atoms with van der Waals surface area (Å²) in [4.78, 5) is 29.7. The largest absolute Gasteiger partial charge is 0.486 e. The number of amides is 2. The van der Waals surface area contributed by atoms with E-state index in [-0.39, 0.29) is 11.8 Å². The van der Waals surface area contributed by atoms with Crippen molar-refractivity contribution < 1.29 is 19.1 Å². The predicted octanol–water partition coefficient (Wildman–Crippen LogP) is 1.16. The lowest BCUT2D eigenvalue weighted by Crippen LogP contribution is -2.44. The predicted molar refractivity (Wildman–Crippen MR) is 99.0 cm³/mol. The van der Waals surface area contributed by atoms with Crippen LogP contribution in [0, 0.1) is 5.92 Å². The summed E-state index contributed by atoms with van der Waals surface area (Å²) >= 11 is 0. The Morgan fingerprint density at radius 2 is 1.81 bits per heavy atom. The van der Waals surface area contributed by atoms with Crippen molar-refractivity contribution in [3.63, 3.8) is 0 Å². The Hall–Kier alpha value is -2.28. The van der Waals surface area contributed by atoms with Crippen LogP contribution < -0.4 is 19.7 Å². The van der Waals surface area contributed by atoms with Crippen molar-refractivity contribution in [2.45, 2.75) is 37.8 Å². The van der Waals surface area contributed by atoms with E-state index in [1.54, 1.807) is 4.90 Å². The van der Waals surface area contributed by atoms with Crippen LogP contribution in [0.1, 0.15) is 25.7 Å². The van der Waals surface area contributed by atoms with Gasteiger partial charge in [-0.15, -0.1) is 0 Å². The number of likely N-dealkylation sites (tertiary alicyclic amines) is 1. The summed E-state index contributed by atoms with van der Waals surface area (Å²) in [6.07, 6.45) is 3.88. The van der Waals surface area contributed by atoms with Crippen LogP contribution in [-0.2, 0) is 9.59 Å². The molecule has 144 valence electrons. The fraction of sp³-hybridized carbons (Fsp3) is 0.600. The zero-order valence-electron chi connectivity index (χ0n) is 15.4. The SMILES string of the molecule is O=C(C1CCN(c2ccc3c(c2)OCCO3)C1=O)N1CCC2CCC(C1)N2.